The number of likely N-dealkylation sites (N-methyl/N-ethyl adjacent to an activating group) is 2. The molecule has 1 saturated heterocycles. The molecule has 4 amide bonds. The number of hydrogen-bond donors (Lipinski definition) is 3. The molecule has 1 fully saturated rings. The quantitative estimate of drug-likeness (QED) is 0.146. The number of hydrogen-bond acceptors (Lipinski definition) is 8. The highest BCUT2D eigenvalue weighted by Gasteiger charge is 2.53. The summed E-state index contributed by atoms with van der Waals surface area (Å²) in [6.07, 6.45) is -0.406. The summed E-state index contributed by atoms with van der Waals surface area (Å²) in [4.78, 5) is 58.8. The topological polar surface area (TPSA) is 139 Å². The zero-order chi connectivity index (χ0) is 41.9. The van der Waals surface area contributed by atoms with E-state index in [1.54, 1.807) is 37.9 Å². The lowest BCUT2D eigenvalue weighted by Crippen LogP contribution is -2.60. The molecule has 0 bridgehead atoms. The van der Waals surface area contributed by atoms with Crippen LogP contribution in [0.2, 0.25) is 10.0 Å². The van der Waals surface area contributed by atoms with Crippen LogP contribution in [0, 0.1) is 29.5 Å². The third-order valence-corrected chi connectivity index (χ3v) is 12.0. The van der Waals surface area contributed by atoms with E-state index in [1.165, 1.54) is 26.4 Å². The van der Waals surface area contributed by atoms with E-state index in [4.69, 9.17) is 37.4 Å². The van der Waals surface area contributed by atoms with Gasteiger partial charge in [-0.2, -0.15) is 0 Å². The zero-order valence-corrected chi connectivity index (χ0v) is 36.6. The van der Waals surface area contributed by atoms with Crippen LogP contribution >= 0.6 is 23.2 Å². The molecule has 0 aromatic heterocycles. The van der Waals surface area contributed by atoms with Crippen LogP contribution in [-0.4, -0.2) is 124 Å². The number of halogens is 3. The Hall–Kier alpha value is -2.55. The first kappa shape index (κ1) is 48.6. The molecule has 314 valence electrons. The molecule has 1 aromatic rings. The summed E-state index contributed by atoms with van der Waals surface area (Å²) in [5.41, 5.74) is -0.443. The lowest BCUT2D eigenvalue weighted by atomic mass is 9.82. The molecule has 1 aliphatic heterocycles. The van der Waals surface area contributed by atoms with Crippen molar-refractivity contribution in [3.05, 3.63) is 33.6 Å². The number of carbonyl (C=O) groups excluding carboxylic acids is 4. The first-order valence-corrected chi connectivity index (χ1v) is 20.0. The summed E-state index contributed by atoms with van der Waals surface area (Å²) in [6.45, 7) is 15.8. The van der Waals surface area contributed by atoms with Gasteiger partial charge in [-0.25, -0.2) is 4.39 Å². The molecule has 0 spiro atoms. The molecule has 1 aliphatic rings. The van der Waals surface area contributed by atoms with Crippen molar-refractivity contribution in [3.8, 4) is 0 Å². The second-order valence-corrected chi connectivity index (χ2v) is 16.6. The number of ether oxygens (including phenoxy) is 3. The number of amides is 4. The SMILES string of the molecule is CCC(C)[C@@H]([C@@H](CC(=O)N1C[C@@H](OC)C[C@@]1(C)[C@H](OC)[C@@H](C)C(=O)NCCc1cc(F)c(Cl)cc1Cl)OC)N(C)C(=O)[C@@H](NC(=O)[C@@H](NC)C(C)C)C(C)C. The number of methoxy groups -OCH3 is 3. The van der Waals surface area contributed by atoms with Gasteiger partial charge < -0.3 is 40.0 Å². The second-order valence-electron chi connectivity index (χ2n) is 15.8. The van der Waals surface area contributed by atoms with E-state index in [0.29, 0.717) is 23.4 Å². The summed E-state index contributed by atoms with van der Waals surface area (Å²) in [5.74, 6) is -2.62. The fraction of sp³-hybridized carbons (Fsp3) is 0.750. The number of benzene rings is 1. The Morgan fingerprint density at radius 1 is 0.982 bits per heavy atom. The Kier molecular flexibility index (Phi) is 19.3. The van der Waals surface area contributed by atoms with Gasteiger partial charge in [-0.05, 0) is 55.8 Å². The van der Waals surface area contributed by atoms with Gasteiger partial charge in [0.1, 0.15) is 11.9 Å². The van der Waals surface area contributed by atoms with E-state index in [2.05, 4.69) is 16.0 Å². The van der Waals surface area contributed by atoms with Crippen LogP contribution in [0.15, 0.2) is 12.1 Å². The molecule has 2 rings (SSSR count). The van der Waals surface area contributed by atoms with Crippen LogP contribution in [0.1, 0.15) is 80.2 Å². The van der Waals surface area contributed by atoms with Gasteiger partial charge in [-0.1, -0.05) is 78.1 Å². The standard InChI is InChI=1S/C40H66Cl2FN5O7/c1-14-24(6)35(47(10)39(52)34(23(4)5)46-38(51)33(44-9)22(2)3)31(54-12)19-32(49)48-21-27(53-11)20-40(48,8)36(55-13)25(7)37(50)45-16-15-26-17-30(43)29(42)18-28(26)41/h17-18,22-25,27,31,33-36,44H,14-16,19-21H2,1-13H3,(H,45,50)(H,46,51)/t24?,25-,27+,31-,33+,34+,35+,36-,40+/m1/s1. The van der Waals surface area contributed by atoms with Crippen LogP contribution in [-0.2, 0) is 39.8 Å². The van der Waals surface area contributed by atoms with Crippen molar-refractivity contribution in [2.75, 3.05) is 48.5 Å². The predicted octanol–water partition coefficient (Wildman–Crippen LogP) is 5.11. The van der Waals surface area contributed by atoms with E-state index in [9.17, 15) is 23.6 Å². The van der Waals surface area contributed by atoms with Crippen molar-refractivity contribution in [3.63, 3.8) is 0 Å². The lowest BCUT2D eigenvalue weighted by Gasteiger charge is -2.44. The minimum absolute atomic E-state index is 0.0123. The van der Waals surface area contributed by atoms with Gasteiger partial charge in [0.05, 0.1) is 53.3 Å². The van der Waals surface area contributed by atoms with Crippen molar-refractivity contribution in [2.45, 2.75) is 123 Å². The van der Waals surface area contributed by atoms with Crippen LogP contribution in [0.4, 0.5) is 4.39 Å². The molecule has 9 atom stereocenters. The Balaban J connectivity index is 2.34. The maximum Gasteiger partial charge on any atom is 0.245 e. The molecular formula is C40H66Cl2FN5O7. The molecule has 15 heteroatoms. The van der Waals surface area contributed by atoms with Gasteiger partial charge in [-0.15, -0.1) is 0 Å². The monoisotopic (exact) mass is 817 g/mol. The molecule has 1 unspecified atom stereocenters. The number of nitrogens with zero attached hydrogens (tertiary/aromatic N) is 2. The highest BCUT2D eigenvalue weighted by Crippen LogP contribution is 2.39. The van der Waals surface area contributed by atoms with Crippen molar-refractivity contribution < 1.29 is 37.8 Å². The Bertz CT molecular complexity index is 1450. The predicted molar refractivity (Wildman–Crippen MR) is 215 cm³/mol. The van der Waals surface area contributed by atoms with Crippen LogP contribution < -0.4 is 16.0 Å². The largest absolute Gasteiger partial charge is 0.380 e. The molecule has 1 aromatic carbocycles. The van der Waals surface area contributed by atoms with E-state index in [-0.39, 0.29) is 78.4 Å². The fourth-order valence-corrected chi connectivity index (χ4v) is 8.47. The van der Waals surface area contributed by atoms with Crippen LogP contribution in [0.3, 0.4) is 0 Å². The molecule has 3 N–H and O–H groups in total. The molecule has 1 heterocycles. The van der Waals surface area contributed by atoms with E-state index in [0.717, 1.165) is 0 Å². The van der Waals surface area contributed by atoms with Gasteiger partial charge in [0, 0.05) is 52.9 Å². The van der Waals surface area contributed by atoms with Crippen molar-refractivity contribution >= 4 is 46.8 Å². The highest BCUT2D eigenvalue weighted by atomic mass is 35.5. The molecule has 0 radical (unpaired) electrons. The lowest BCUT2D eigenvalue weighted by molar-refractivity contribution is -0.152. The molecular weight excluding hydrogens is 752 g/mol. The van der Waals surface area contributed by atoms with E-state index in [1.807, 2.05) is 48.5 Å². The maximum absolute atomic E-state index is 14.5. The average Bonchev–Trinajstić information content (AvgIpc) is 3.48. The maximum atomic E-state index is 14.5. The summed E-state index contributed by atoms with van der Waals surface area (Å²) < 4.78 is 31.9. The minimum atomic E-state index is -0.953. The fourth-order valence-electron chi connectivity index (χ4n) is 7.99. The highest BCUT2D eigenvalue weighted by molar-refractivity contribution is 6.35. The molecule has 0 aliphatic carbocycles. The number of carbonyl (C=O) groups is 4. The molecule has 0 saturated carbocycles. The van der Waals surface area contributed by atoms with E-state index < -0.39 is 47.6 Å². The van der Waals surface area contributed by atoms with Gasteiger partial charge in [0.15, 0.2) is 0 Å². The van der Waals surface area contributed by atoms with Gasteiger partial charge >= 0.3 is 0 Å². The Morgan fingerprint density at radius 3 is 2.11 bits per heavy atom. The summed E-state index contributed by atoms with van der Waals surface area (Å²) >= 11 is 12.1. The normalized spacial score (nSPS) is 21.1. The summed E-state index contributed by atoms with van der Waals surface area (Å²) in [6, 6.07) is 0.822. The third kappa shape index (κ3) is 12.0. The number of nitrogens with one attached hydrogen (secondary N) is 3. The molecule has 55 heavy (non-hydrogen) atoms. The van der Waals surface area contributed by atoms with Gasteiger partial charge in [0.25, 0.3) is 0 Å². The van der Waals surface area contributed by atoms with Gasteiger partial charge in [-0.3, -0.25) is 19.2 Å². The van der Waals surface area contributed by atoms with Crippen molar-refractivity contribution in [1.29, 1.82) is 0 Å². The first-order chi connectivity index (χ1) is 25.7. The van der Waals surface area contributed by atoms with E-state index >= 15 is 0 Å². The Labute approximate surface area is 338 Å². The van der Waals surface area contributed by atoms with Crippen molar-refractivity contribution in [2.24, 2.45) is 23.7 Å². The smallest absolute Gasteiger partial charge is 0.245 e. The first-order valence-electron chi connectivity index (χ1n) is 19.3. The van der Waals surface area contributed by atoms with Crippen LogP contribution in [0.5, 0.6) is 0 Å². The number of rotatable bonds is 21. The van der Waals surface area contributed by atoms with Crippen molar-refractivity contribution in [1.82, 2.24) is 25.8 Å². The average molecular weight is 819 g/mol. The third-order valence-electron chi connectivity index (χ3n) is 11.4. The van der Waals surface area contributed by atoms with Gasteiger partial charge in [0.2, 0.25) is 23.6 Å². The second kappa shape index (κ2) is 21.8. The molecule has 12 nitrogen and oxygen atoms in total. The summed E-state index contributed by atoms with van der Waals surface area (Å²) in [5, 5.41) is 9.15. The van der Waals surface area contributed by atoms with Crippen LogP contribution in [0.25, 0.3) is 0 Å². The number of likely N-dealkylation sites (tertiary alicyclic amines) is 1. The summed E-state index contributed by atoms with van der Waals surface area (Å²) in [7, 11) is 8.06. The minimum Gasteiger partial charge on any atom is -0.380 e. The zero-order valence-electron chi connectivity index (χ0n) is 35.1. The Morgan fingerprint density at radius 2 is 1.60 bits per heavy atom.